The van der Waals surface area contributed by atoms with E-state index in [2.05, 4.69) is 4.74 Å². The average Bonchev–Trinajstić information content (AvgIpc) is 2.24. The Labute approximate surface area is 106 Å². The van der Waals surface area contributed by atoms with Crippen LogP contribution in [0.15, 0.2) is 18.2 Å². The van der Waals surface area contributed by atoms with Crippen molar-refractivity contribution in [1.82, 2.24) is 0 Å². The molecule has 0 amide bonds. The van der Waals surface area contributed by atoms with Gasteiger partial charge in [-0.3, -0.25) is 9.53 Å². The highest BCUT2D eigenvalue weighted by atomic mass is 35.5. The molecular weight excluding hydrogens is 273 g/mol. The number of hydrogen-bond donors (Lipinski definition) is 0. The molecule has 0 unspecified atom stereocenters. The summed E-state index contributed by atoms with van der Waals surface area (Å²) in [6, 6.07) is 4.30. The molecule has 0 saturated heterocycles. The molecule has 0 aromatic heterocycles. The molecule has 0 atom stereocenters. The molecule has 1 rings (SSSR count). The summed E-state index contributed by atoms with van der Waals surface area (Å²) in [5.74, 6) is -0.109. The van der Waals surface area contributed by atoms with Crippen molar-refractivity contribution >= 4 is 17.4 Å². The van der Waals surface area contributed by atoms with Gasteiger partial charge in [-0.05, 0) is 25.1 Å². The Morgan fingerprint density at radius 2 is 2.00 bits per heavy atom. The van der Waals surface area contributed by atoms with Gasteiger partial charge in [0, 0.05) is 5.02 Å². The van der Waals surface area contributed by atoms with Crippen molar-refractivity contribution < 1.29 is 27.4 Å². The number of carbonyl (C=O) groups is 1. The summed E-state index contributed by atoms with van der Waals surface area (Å²) < 4.78 is 43.7. The molecule has 100 valence electrons. The van der Waals surface area contributed by atoms with Gasteiger partial charge in [0.05, 0.1) is 12.2 Å². The highest BCUT2D eigenvalue weighted by Crippen LogP contribution is 2.23. The van der Waals surface area contributed by atoms with Gasteiger partial charge in [-0.15, -0.1) is 13.2 Å². The molecule has 0 spiro atoms. The third kappa shape index (κ3) is 4.93. The van der Waals surface area contributed by atoms with E-state index in [1.54, 1.807) is 0 Å². The molecular formula is C11H10ClF3O3. The summed E-state index contributed by atoms with van der Waals surface area (Å²) in [7, 11) is 0. The second-order valence-electron chi connectivity index (χ2n) is 3.34. The Hall–Kier alpha value is -1.27. The normalized spacial score (nSPS) is 11.4. The minimum absolute atomic E-state index is 0.178. The number of rotatable bonds is 5. The van der Waals surface area contributed by atoms with Gasteiger partial charge >= 0.3 is 6.36 Å². The molecule has 1 aromatic carbocycles. The van der Waals surface area contributed by atoms with Crippen LogP contribution in [0.2, 0.25) is 5.02 Å². The van der Waals surface area contributed by atoms with Crippen LogP contribution in [0, 0.1) is 0 Å². The van der Waals surface area contributed by atoms with Crippen molar-refractivity contribution in [2.24, 2.45) is 0 Å². The van der Waals surface area contributed by atoms with Gasteiger partial charge in [0.1, 0.15) is 12.4 Å². The lowest BCUT2D eigenvalue weighted by atomic mass is 10.1. The number of alkyl halides is 3. The predicted molar refractivity (Wildman–Crippen MR) is 59.0 cm³/mol. The minimum atomic E-state index is -4.69. The molecule has 0 aliphatic rings. The smallest absolute Gasteiger partial charge is 0.490 e. The van der Waals surface area contributed by atoms with Crippen LogP contribution < -0.4 is 4.74 Å². The second kappa shape index (κ2) is 6.06. The fourth-order valence-corrected chi connectivity index (χ4v) is 1.38. The van der Waals surface area contributed by atoms with Crippen molar-refractivity contribution in [1.29, 1.82) is 0 Å². The highest BCUT2D eigenvalue weighted by Gasteiger charge is 2.28. The van der Waals surface area contributed by atoms with E-state index < -0.39 is 13.0 Å². The Morgan fingerprint density at radius 3 is 2.56 bits per heavy atom. The third-order valence-corrected chi connectivity index (χ3v) is 2.16. The summed E-state index contributed by atoms with van der Waals surface area (Å²) in [6.45, 7) is 0.343. The molecule has 0 aliphatic heterocycles. The lowest BCUT2D eigenvalue weighted by molar-refractivity contribution is -0.325. The largest absolute Gasteiger partial charge is 0.522 e. The first-order valence-electron chi connectivity index (χ1n) is 4.93. The molecule has 0 radical (unpaired) electrons. The van der Waals surface area contributed by atoms with E-state index in [1.807, 2.05) is 0 Å². The van der Waals surface area contributed by atoms with Gasteiger partial charge in [0.2, 0.25) is 0 Å². The topological polar surface area (TPSA) is 35.5 Å². The van der Waals surface area contributed by atoms with Gasteiger partial charge in [0.15, 0.2) is 5.78 Å². The average molecular weight is 283 g/mol. The molecule has 7 heteroatoms. The van der Waals surface area contributed by atoms with E-state index in [0.717, 1.165) is 0 Å². The zero-order chi connectivity index (χ0) is 13.8. The summed E-state index contributed by atoms with van der Waals surface area (Å²) in [5.41, 5.74) is 0.217. The van der Waals surface area contributed by atoms with Gasteiger partial charge in [-0.1, -0.05) is 11.6 Å². The number of hydrogen-bond acceptors (Lipinski definition) is 3. The monoisotopic (exact) mass is 282 g/mol. The van der Waals surface area contributed by atoms with Crippen molar-refractivity contribution in [3.05, 3.63) is 28.8 Å². The number of ether oxygens (including phenoxy) is 2. The summed E-state index contributed by atoms with van der Waals surface area (Å²) >= 11 is 5.70. The molecule has 0 heterocycles. The fraction of sp³-hybridized carbons (Fsp3) is 0.364. The zero-order valence-electron chi connectivity index (χ0n) is 9.38. The summed E-state index contributed by atoms with van der Waals surface area (Å²) in [6.07, 6.45) is -4.69. The second-order valence-corrected chi connectivity index (χ2v) is 3.78. The van der Waals surface area contributed by atoms with Crippen LogP contribution in [-0.4, -0.2) is 25.4 Å². The molecule has 0 saturated carbocycles. The number of ketones is 1. The Kier molecular flexibility index (Phi) is 4.98. The van der Waals surface area contributed by atoms with Crippen LogP contribution in [-0.2, 0) is 4.74 Å². The highest BCUT2D eigenvalue weighted by molar-refractivity contribution is 6.31. The van der Waals surface area contributed by atoms with Crippen LogP contribution >= 0.6 is 11.6 Å². The van der Waals surface area contributed by atoms with Crippen molar-refractivity contribution in [3.8, 4) is 5.75 Å². The lowest BCUT2D eigenvalue weighted by Crippen LogP contribution is -2.18. The van der Waals surface area contributed by atoms with Gasteiger partial charge in [-0.25, -0.2) is 0 Å². The van der Waals surface area contributed by atoms with Gasteiger partial charge in [0.25, 0.3) is 0 Å². The van der Waals surface area contributed by atoms with E-state index >= 15 is 0 Å². The molecule has 0 N–H and O–H groups in total. The molecule has 1 aromatic rings. The summed E-state index contributed by atoms with van der Waals surface area (Å²) in [5, 5.41) is 0.346. The SMILES string of the molecule is CC(=O)c1cc(Cl)ccc1OCCOC(F)(F)F. The molecule has 0 bridgehead atoms. The first kappa shape index (κ1) is 14.8. The number of Topliss-reactive ketones (excluding diaryl/α,β-unsaturated/α-hetero) is 1. The summed E-state index contributed by atoms with van der Waals surface area (Å²) in [4.78, 5) is 11.3. The van der Waals surface area contributed by atoms with Crippen LogP contribution in [0.5, 0.6) is 5.75 Å². The zero-order valence-corrected chi connectivity index (χ0v) is 10.1. The van der Waals surface area contributed by atoms with Crippen LogP contribution in [0.1, 0.15) is 17.3 Å². The van der Waals surface area contributed by atoms with Crippen molar-refractivity contribution in [2.75, 3.05) is 13.2 Å². The Bertz CT molecular complexity index is 432. The molecule has 18 heavy (non-hydrogen) atoms. The number of halogens is 4. The lowest BCUT2D eigenvalue weighted by Gasteiger charge is -2.11. The van der Waals surface area contributed by atoms with E-state index in [0.29, 0.717) is 5.02 Å². The minimum Gasteiger partial charge on any atom is -0.490 e. The predicted octanol–water partition coefficient (Wildman–Crippen LogP) is 3.46. The molecule has 3 nitrogen and oxygen atoms in total. The Morgan fingerprint density at radius 1 is 1.33 bits per heavy atom. The van der Waals surface area contributed by atoms with E-state index in [-0.39, 0.29) is 23.7 Å². The van der Waals surface area contributed by atoms with Crippen LogP contribution in [0.4, 0.5) is 13.2 Å². The maximum Gasteiger partial charge on any atom is 0.522 e. The van der Waals surface area contributed by atoms with Gasteiger partial charge in [-0.2, -0.15) is 0 Å². The van der Waals surface area contributed by atoms with Crippen molar-refractivity contribution in [2.45, 2.75) is 13.3 Å². The van der Waals surface area contributed by atoms with Crippen LogP contribution in [0.3, 0.4) is 0 Å². The first-order chi connectivity index (χ1) is 8.29. The standard InChI is InChI=1S/C11H10ClF3O3/c1-7(16)9-6-8(12)2-3-10(9)17-4-5-18-11(13,14)15/h2-3,6H,4-5H2,1H3. The Balaban J connectivity index is 2.59. The number of benzene rings is 1. The number of carbonyl (C=O) groups excluding carboxylic acids is 1. The van der Waals surface area contributed by atoms with E-state index in [4.69, 9.17) is 16.3 Å². The quantitative estimate of drug-likeness (QED) is 0.613. The van der Waals surface area contributed by atoms with Gasteiger partial charge < -0.3 is 4.74 Å². The fourth-order valence-electron chi connectivity index (χ4n) is 1.21. The van der Waals surface area contributed by atoms with E-state index in [9.17, 15) is 18.0 Å². The third-order valence-electron chi connectivity index (χ3n) is 1.93. The first-order valence-corrected chi connectivity index (χ1v) is 5.31. The molecule has 0 aliphatic carbocycles. The van der Waals surface area contributed by atoms with Crippen LogP contribution in [0.25, 0.3) is 0 Å². The molecule has 0 fully saturated rings. The van der Waals surface area contributed by atoms with E-state index in [1.165, 1.54) is 25.1 Å². The maximum atomic E-state index is 11.7. The maximum absolute atomic E-state index is 11.7. The van der Waals surface area contributed by atoms with Crippen molar-refractivity contribution in [3.63, 3.8) is 0 Å².